The molecule has 1 aliphatic rings. The molecule has 0 spiro atoms. The first-order valence-electron chi connectivity index (χ1n) is 3.58. The van der Waals surface area contributed by atoms with Gasteiger partial charge < -0.3 is 10.5 Å². The molecule has 1 aromatic rings. The summed E-state index contributed by atoms with van der Waals surface area (Å²) in [6, 6.07) is 6.80. The van der Waals surface area contributed by atoms with Crippen molar-refractivity contribution < 1.29 is 9.53 Å². The second-order valence-electron chi connectivity index (χ2n) is 2.51. The van der Waals surface area contributed by atoms with Crippen LogP contribution in [0.15, 0.2) is 24.3 Å². The second kappa shape index (κ2) is 2.41. The molecule has 0 aromatic heterocycles. The van der Waals surface area contributed by atoms with Gasteiger partial charge in [0, 0.05) is 0 Å². The zero-order valence-corrected chi connectivity index (χ0v) is 6.36. The maximum atomic E-state index is 10.8. The highest BCUT2D eigenvalue weighted by Crippen LogP contribution is 2.32. The number of carbonyl (C=O) groups is 1. The van der Waals surface area contributed by atoms with Crippen molar-refractivity contribution in [3.63, 3.8) is 0 Å². The number of fused-ring (bicyclic) bond motifs is 1. The molecule has 4 heteroatoms. The maximum absolute atomic E-state index is 10.8. The molecule has 1 aliphatic heterocycles. The molecule has 0 saturated heterocycles. The molecular weight excluding hydrogens is 156 g/mol. The minimum atomic E-state index is -0.486. The Kier molecular flexibility index (Phi) is 1.40. The van der Waals surface area contributed by atoms with Crippen molar-refractivity contribution in [2.24, 2.45) is 5.73 Å². The molecule has 0 atom stereocenters. The normalized spacial score (nSPS) is 13.8. The molecule has 0 radical (unpaired) electrons. The number of para-hydroxylation sites is 2. The summed E-state index contributed by atoms with van der Waals surface area (Å²) in [4.78, 5) is 12.2. The Morgan fingerprint density at radius 2 is 2.25 bits per heavy atom. The maximum Gasteiger partial charge on any atom is 0.322 e. The van der Waals surface area contributed by atoms with Gasteiger partial charge in [0.2, 0.25) is 0 Å². The number of primary amides is 1. The quantitative estimate of drug-likeness (QED) is 0.619. The predicted molar refractivity (Wildman–Crippen MR) is 44.0 cm³/mol. The van der Waals surface area contributed by atoms with E-state index >= 15 is 0 Å². The lowest BCUT2D eigenvalue weighted by Gasteiger charge is -2.09. The summed E-state index contributed by atoms with van der Waals surface area (Å²) in [5.41, 5.74) is 5.86. The van der Waals surface area contributed by atoms with Crippen molar-refractivity contribution in [2.45, 2.75) is 0 Å². The number of rotatable bonds is 0. The first-order chi connectivity index (χ1) is 5.79. The van der Waals surface area contributed by atoms with E-state index in [4.69, 9.17) is 10.5 Å². The fourth-order valence-corrected chi connectivity index (χ4v) is 1.19. The number of ether oxygens (including phenoxy) is 1. The summed E-state index contributed by atoms with van der Waals surface area (Å²) >= 11 is 0. The highest BCUT2D eigenvalue weighted by Gasteiger charge is 2.22. The minimum Gasteiger partial charge on any atom is -0.470 e. The molecule has 0 fully saturated rings. The van der Waals surface area contributed by atoms with Crippen LogP contribution in [0.2, 0.25) is 0 Å². The lowest BCUT2D eigenvalue weighted by molar-refractivity contribution is 0.248. The van der Waals surface area contributed by atoms with E-state index in [9.17, 15) is 4.79 Å². The van der Waals surface area contributed by atoms with Gasteiger partial charge in [-0.1, -0.05) is 12.1 Å². The molecule has 2 N–H and O–H groups in total. The molecule has 1 heterocycles. The van der Waals surface area contributed by atoms with Gasteiger partial charge in [-0.2, -0.15) is 0 Å². The topological polar surface area (TPSA) is 55.6 Å². The Balaban J connectivity index is 2.42. The van der Waals surface area contributed by atoms with Crippen LogP contribution in [0.5, 0.6) is 5.75 Å². The van der Waals surface area contributed by atoms with Crippen LogP contribution in [0.25, 0.3) is 0 Å². The molecule has 2 rings (SSSR count). The summed E-state index contributed by atoms with van der Waals surface area (Å²) in [5, 5.41) is 0. The number of hydrogen-bond donors (Lipinski definition) is 1. The zero-order chi connectivity index (χ0) is 8.55. The van der Waals surface area contributed by atoms with Gasteiger partial charge in [-0.25, -0.2) is 4.79 Å². The van der Waals surface area contributed by atoms with E-state index in [1.54, 1.807) is 12.1 Å². The Morgan fingerprint density at radius 3 is 3.00 bits per heavy atom. The molecule has 0 bridgehead atoms. The van der Waals surface area contributed by atoms with Gasteiger partial charge in [0.05, 0.1) is 5.69 Å². The molecule has 62 valence electrons. The van der Waals surface area contributed by atoms with E-state index < -0.39 is 6.03 Å². The second-order valence-corrected chi connectivity index (χ2v) is 2.51. The van der Waals surface area contributed by atoms with Gasteiger partial charge >= 0.3 is 6.03 Å². The van der Waals surface area contributed by atoms with E-state index in [1.807, 2.05) is 12.1 Å². The summed E-state index contributed by atoms with van der Waals surface area (Å²) < 4.78 is 5.20. The molecular formula is C8H8N2O2. The number of carbonyl (C=O) groups excluding carboxylic acids is 1. The van der Waals surface area contributed by atoms with Crippen LogP contribution in [0, 0.1) is 0 Å². The summed E-state index contributed by atoms with van der Waals surface area (Å²) in [6.07, 6.45) is 0. The first-order valence-corrected chi connectivity index (χ1v) is 3.58. The van der Waals surface area contributed by atoms with Crippen molar-refractivity contribution in [3.8, 4) is 5.75 Å². The van der Waals surface area contributed by atoms with Crippen LogP contribution in [0.1, 0.15) is 0 Å². The standard InChI is InChI=1S/C8H8N2O2/c9-8(11)10-5-12-7-4-2-1-3-6(7)10/h1-4H,5H2,(H2,9,11). The molecule has 0 unspecified atom stereocenters. The van der Waals surface area contributed by atoms with E-state index in [-0.39, 0.29) is 6.73 Å². The largest absolute Gasteiger partial charge is 0.470 e. The number of nitrogens with two attached hydrogens (primary N) is 1. The van der Waals surface area contributed by atoms with Crippen molar-refractivity contribution in [1.82, 2.24) is 0 Å². The van der Waals surface area contributed by atoms with Gasteiger partial charge in [0.1, 0.15) is 5.75 Å². The smallest absolute Gasteiger partial charge is 0.322 e. The molecule has 0 saturated carbocycles. The SMILES string of the molecule is NC(=O)N1COc2ccccc21. The van der Waals surface area contributed by atoms with Crippen LogP contribution < -0.4 is 15.4 Å². The summed E-state index contributed by atoms with van der Waals surface area (Å²) in [6.45, 7) is 0.217. The number of amides is 2. The van der Waals surface area contributed by atoms with Crippen LogP contribution >= 0.6 is 0 Å². The third-order valence-electron chi connectivity index (χ3n) is 1.77. The Hall–Kier alpha value is -1.71. The third kappa shape index (κ3) is 0.887. The minimum absolute atomic E-state index is 0.217. The fraction of sp³-hybridized carbons (Fsp3) is 0.125. The van der Waals surface area contributed by atoms with Crippen molar-refractivity contribution >= 4 is 11.7 Å². The van der Waals surface area contributed by atoms with Crippen LogP contribution in [0.4, 0.5) is 10.5 Å². The van der Waals surface area contributed by atoms with Crippen molar-refractivity contribution in [3.05, 3.63) is 24.3 Å². The van der Waals surface area contributed by atoms with E-state index in [2.05, 4.69) is 0 Å². The summed E-state index contributed by atoms with van der Waals surface area (Å²) in [5.74, 6) is 0.705. The monoisotopic (exact) mass is 164 g/mol. The molecule has 1 aromatic carbocycles. The molecule has 2 amide bonds. The van der Waals surface area contributed by atoms with Gasteiger partial charge in [0.25, 0.3) is 0 Å². The van der Waals surface area contributed by atoms with Crippen LogP contribution in [-0.2, 0) is 0 Å². The first kappa shape index (κ1) is 6.97. The highest BCUT2D eigenvalue weighted by atomic mass is 16.5. The van der Waals surface area contributed by atoms with Gasteiger partial charge in [-0.3, -0.25) is 4.90 Å². The average molecular weight is 164 g/mol. The van der Waals surface area contributed by atoms with Crippen molar-refractivity contribution in [1.29, 1.82) is 0 Å². The highest BCUT2D eigenvalue weighted by molar-refractivity contribution is 5.93. The molecule has 12 heavy (non-hydrogen) atoms. The number of hydrogen-bond acceptors (Lipinski definition) is 2. The number of nitrogens with zero attached hydrogens (tertiary/aromatic N) is 1. The number of urea groups is 1. The Labute approximate surface area is 69.5 Å². The lowest BCUT2D eigenvalue weighted by atomic mass is 10.3. The number of anilines is 1. The molecule has 4 nitrogen and oxygen atoms in total. The zero-order valence-electron chi connectivity index (χ0n) is 6.36. The Bertz CT molecular complexity index is 325. The summed E-state index contributed by atoms with van der Waals surface area (Å²) in [7, 11) is 0. The van der Waals surface area contributed by atoms with E-state index in [0.29, 0.717) is 5.75 Å². The average Bonchev–Trinajstić information content (AvgIpc) is 2.47. The number of benzene rings is 1. The van der Waals surface area contributed by atoms with Crippen molar-refractivity contribution in [2.75, 3.05) is 11.6 Å². The van der Waals surface area contributed by atoms with Gasteiger partial charge in [-0.05, 0) is 12.1 Å². The predicted octanol–water partition coefficient (Wildman–Crippen LogP) is 0.922. The van der Waals surface area contributed by atoms with Gasteiger partial charge in [0.15, 0.2) is 6.73 Å². The fourth-order valence-electron chi connectivity index (χ4n) is 1.19. The third-order valence-corrected chi connectivity index (χ3v) is 1.77. The molecule has 0 aliphatic carbocycles. The Morgan fingerprint density at radius 1 is 1.50 bits per heavy atom. The van der Waals surface area contributed by atoms with E-state index in [1.165, 1.54) is 4.90 Å². The van der Waals surface area contributed by atoms with E-state index in [0.717, 1.165) is 5.69 Å². The van der Waals surface area contributed by atoms with Gasteiger partial charge in [-0.15, -0.1) is 0 Å². The lowest BCUT2D eigenvalue weighted by Crippen LogP contribution is -2.34. The van der Waals surface area contributed by atoms with Crippen LogP contribution in [0.3, 0.4) is 0 Å². The van der Waals surface area contributed by atoms with Crippen LogP contribution in [-0.4, -0.2) is 12.8 Å².